The van der Waals surface area contributed by atoms with Gasteiger partial charge >= 0.3 is 0 Å². The van der Waals surface area contributed by atoms with Gasteiger partial charge in [0.1, 0.15) is 5.75 Å². The number of aryl methyl sites for hydroxylation is 2. The number of Topliss-reactive ketones (excluding diaryl/α,β-unsaturated/α-hetero) is 1. The van der Waals surface area contributed by atoms with Crippen LogP contribution in [0, 0.1) is 0 Å². The van der Waals surface area contributed by atoms with E-state index in [1.165, 1.54) is 23.3 Å². The lowest BCUT2D eigenvalue weighted by Crippen LogP contribution is -2.12. The molecule has 2 aromatic rings. The van der Waals surface area contributed by atoms with E-state index in [0.29, 0.717) is 11.3 Å². The highest BCUT2D eigenvalue weighted by molar-refractivity contribution is 7.90. The minimum Gasteiger partial charge on any atom is -0.485 e. The molecule has 0 saturated carbocycles. The first-order valence-electron chi connectivity index (χ1n) is 7.51. The molecule has 3 rings (SSSR count). The summed E-state index contributed by atoms with van der Waals surface area (Å²) in [4.78, 5) is 12.4. The second kappa shape index (κ2) is 6.16. The smallest absolute Gasteiger partial charge is 0.200 e. The first-order chi connectivity index (χ1) is 10.9. The second-order valence-corrected chi connectivity index (χ2v) is 7.81. The van der Waals surface area contributed by atoms with Gasteiger partial charge < -0.3 is 4.74 Å². The van der Waals surface area contributed by atoms with Gasteiger partial charge in [0.15, 0.2) is 22.2 Å². The largest absolute Gasteiger partial charge is 0.485 e. The quantitative estimate of drug-likeness (QED) is 0.791. The van der Waals surface area contributed by atoms with Crippen LogP contribution >= 0.6 is 0 Å². The molecule has 0 unspecified atom stereocenters. The van der Waals surface area contributed by atoms with Crippen molar-refractivity contribution in [2.45, 2.75) is 24.2 Å². The van der Waals surface area contributed by atoms with Crippen LogP contribution in [0.1, 0.15) is 27.9 Å². The molecule has 2 aromatic carbocycles. The standard InChI is InChI=1S/C18H18O4S/c1-23(20,21)17-7-3-6-16(11-17)22-12-18(19)15-9-8-13-4-2-5-14(13)10-15/h3,6-11H,2,4-5,12H2,1H3. The molecule has 5 heteroatoms. The molecule has 0 saturated heterocycles. The van der Waals surface area contributed by atoms with Crippen LogP contribution in [-0.4, -0.2) is 27.1 Å². The highest BCUT2D eigenvalue weighted by Gasteiger charge is 2.15. The lowest BCUT2D eigenvalue weighted by molar-refractivity contribution is 0.0921. The Morgan fingerprint density at radius 1 is 1.09 bits per heavy atom. The maximum absolute atomic E-state index is 12.3. The van der Waals surface area contributed by atoms with Crippen LogP contribution in [-0.2, 0) is 22.7 Å². The third-order valence-corrected chi connectivity index (χ3v) is 5.13. The van der Waals surface area contributed by atoms with E-state index in [1.54, 1.807) is 12.1 Å². The molecular weight excluding hydrogens is 312 g/mol. The number of rotatable bonds is 5. The predicted octanol–water partition coefficient (Wildman–Crippen LogP) is 2.84. The molecule has 0 radical (unpaired) electrons. The summed E-state index contributed by atoms with van der Waals surface area (Å²) in [5, 5.41) is 0. The highest BCUT2D eigenvalue weighted by Crippen LogP contribution is 2.23. The van der Waals surface area contributed by atoms with Crippen molar-refractivity contribution in [2.75, 3.05) is 12.9 Å². The van der Waals surface area contributed by atoms with Crippen LogP contribution in [0.15, 0.2) is 47.4 Å². The maximum Gasteiger partial charge on any atom is 0.200 e. The number of fused-ring (bicyclic) bond motifs is 1. The molecule has 0 N–H and O–H groups in total. The Bertz CT molecular complexity index is 853. The molecule has 0 spiro atoms. The zero-order chi connectivity index (χ0) is 16.4. The van der Waals surface area contributed by atoms with Gasteiger partial charge in [0.2, 0.25) is 0 Å². The van der Waals surface area contributed by atoms with E-state index in [4.69, 9.17) is 4.74 Å². The molecule has 4 nitrogen and oxygen atoms in total. The molecule has 0 amide bonds. The van der Waals surface area contributed by atoms with Crippen molar-refractivity contribution >= 4 is 15.6 Å². The monoisotopic (exact) mass is 330 g/mol. The summed E-state index contributed by atoms with van der Waals surface area (Å²) in [7, 11) is -3.29. The molecule has 0 heterocycles. The van der Waals surface area contributed by atoms with Gasteiger partial charge in [-0.1, -0.05) is 18.2 Å². The van der Waals surface area contributed by atoms with E-state index >= 15 is 0 Å². The molecular formula is C18H18O4S. The number of benzene rings is 2. The number of ether oxygens (including phenoxy) is 1. The third kappa shape index (κ3) is 3.62. The number of hydrogen-bond donors (Lipinski definition) is 0. The third-order valence-electron chi connectivity index (χ3n) is 4.02. The van der Waals surface area contributed by atoms with Crippen LogP contribution in [0.3, 0.4) is 0 Å². The average Bonchev–Trinajstić information content (AvgIpc) is 2.99. The zero-order valence-electron chi connectivity index (χ0n) is 12.9. The van der Waals surface area contributed by atoms with Gasteiger partial charge in [-0.25, -0.2) is 8.42 Å². The lowest BCUT2D eigenvalue weighted by atomic mass is 10.0. The molecule has 0 atom stereocenters. The van der Waals surface area contributed by atoms with Crippen molar-refractivity contribution in [1.29, 1.82) is 0 Å². The molecule has 0 fully saturated rings. The summed E-state index contributed by atoms with van der Waals surface area (Å²) in [6.07, 6.45) is 4.38. The van der Waals surface area contributed by atoms with E-state index in [2.05, 4.69) is 0 Å². The van der Waals surface area contributed by atoms with Crippen LogP contribution in [0.5, 0.6) is 5.75 Å². The van der Waals surface area contributed by atoms with Crippen molar-refractivity contribution in [3.8, 4) is 5.75 Å². The fourth-order valence-corrected chi connectivity index (χ4v) is 3.43. The number of carbonyl (C=O) groups is 1. The van der Waals surface area contributed by atoms with Gasteiger partial charge in [0, 0.05) is 11.8 Å². The van der Waals surface area contributed by atoms with Crippen LogP contribution in [0.2, 0.25) is 0 Å². The van der Waals surface area contributed by atoms with Gasteiger partial charge in [-0.05, 0) is 54.7 Å². The van der Waals surface area contributed by atoms with Crippen LogP contribution in [0.4, 0.5) is 0 Å². The minimum absolute atomic E-state index is 0.105. The summed E-state index contributed by atoms with van der Waals surface area (Å²) < 4.78 is 28.5. The van der Waals surface area contributed by atoms with Crippen molar-refractivity contribution in [2.24, 2.45) is 0 Å². The predicted molar refractivity (Wildman–Crippen MR) is 87.8 cm³/mol. The van der Waals surface area contributed by atoms with E-state index in [9.17, 15) is 13.2 Å². The van der Waals surface area contributed by atoms with Gasteiger partial charge in [0.25, 0.3) is 0 Å². The van der Waals surface area contributed by atoms with E-state index < -0.39 is 9.84 Å². The summed E-state index contributed by atoms with van der Waals surface area (Å²) in [5.74, 6) is 0.270. The Morgan fingerprint density at radius 3 is 2.65 bits per heavy atom. The zero-order valence-corrected chi connectivity index (χ0v) is 13.7. The first-order valence-corrected chi connectivity index (χ1v) is 9.40. The first kappa shape index (κ1) is 15.7. The Balaban J connectivity index is 1.70. The van der Waals surface area contributed by atoms with Crippen LogP contribution < -0.4 is 4.74 Å². The average molecular weight is 330 g/mol. The molecule has 0 aromatic heterocycles. The van der Waals surface area contributed by atoms with Crippen molar-refractivity contribution in [3.63, 3.8) is 0 Å². The lowest BCUT2D eigenvalue weighted by Gasteiger charge is -2.08. The van der Waals surface area contributed by atoms with Gasteiger partial charge in [0.05, 0.1) is 4.90 Å². The second-order valence-electron chi connectivity index (χ2n) is 5.80. The summed E-state index contributed by atoms with van der Waals surface area (Å²) in [6.45, 7) is -0.105. The molecule has 1 aliphatic carbocycles. The number of carbonyl (C=O) groups excluding carboxylic acids is 1. The molecule has 120 valence electrons. The molecule has 23 heavy (non-hydrogen) atoms. The normalized spacial score (nSPS) is 13.6. The fraction of sp³-hybridized carbons (Fsp3) is 0.278. The van der Waals surface area contributed by atoms with E-state index in [-0.39, 0.29) is 17.3 Å². The van der Waals surface area contributed by atoms with Crippen LogP contribution in [0.25, 0.3) is 0 Å². The number of ketones is 1. The van der Waals surface area contributed by atoms with Crippen molar-refractivity contribution in [1.82, 2.24) is 0 Å². The van der Waals surface area contributed by atoms with Crippen molar-refractivity contribution < 1.29 is 17.9 Å². The van der Waals surface area contributed by atoms with E-state index in [0.717, 1.165) is 25.5 Å². The Labute approximate surface area is 136 Å². The SMILES string of the molecule is CS(=O)(=O)c1cccc(OCC(=O)c2ccc3c(c2)CCC3)c1. The Morgan fingerprint density at radius 2 is 1.87 bits per heavy atom. The molecule has 0 bridgehead atoms. The van der Waals surface area contributed by atoms with Crippen molar-refractivity contribution in [3.05, 3.63) is 59.2 Å². The Hall–Kier alpha value is -2.14. The summed E-state index contributed by atoms with van der Waals surface area (Å²) >= 11 is 0. The van der Waals surface area contributed by atoms with Gasteiger partial charge in [-0.15, -0.1) is 0 Å². The highest BCUT2D eigenvalue weighted by atomic mass is 32.2. The maximum atomic E-state index is 12.3. The van der Waals surface area contributed by atoms with E-state index in [1.807, 2.05) is 18.2 Å². The summed E-state index contributed by atoms with van der Waals surface area (Å²) in [6, 6.07) is 12.0. The number of sulfone groups is 1. The van der Waals surface area contributed by atoms with Gasteiger partial charge in [-0.2, -0.15) is 0 Å². The molecule has 1 aliphatic rings. The Kier molecular flexibility index (Phi) is 4.22. The van der Waals surface area contributed by atoms with Gasteiger partial charge in [-0.3, -0.25) is 4.79 Å². The minimum atomic E-state index is -3.29. The number of hydrogen-bond acceptors (Lipinski definition) is 4. The summed E-state index contributed by atoms with van der Waals surface area (Å²) in [5.41, 5.74) is 3.21. The topological polar surface area (TPSA) is 60.4 Å². The molecule has 0 aliphatic heterocycles. The fourth-order valence-electron chi connectivity index (χ4n) is 2.77.